The second-order valence-electron chi connectivity index (χ2n) is 3.94. The van der Waals surface area contributed by atoms with Gasteiger partial charge in [-0.3, -0.25) is 0 Å². The van der Waals surface area contributed by atoms with Crippen LogP contribution in [0, 0.1) is 5.92 Å². The fraction of sp³-hybridized carbons (Fsp3) is 0.636. The lowest BCUT2D eigenvalue weighted by Gasteiger charge is -2.14. The molecule has 0 amide bonds. The van der Waals surface area contributed by atoms with Crippen molar-refractivity contribution in [1.82, 2.24) is 4.90 Å². The molecule has 1 unspecified atom stereocenters. The van der Waals surface area contributed by atoms with Gasteiger partial charge in [0.25, 0.3) is 0 Å². The lowest BCUT2D eigenvalue weighted by molar-refractivity contribution is 0.333. The Hall–Kier alpha value is -0.0500. The van der Waals surface area contributed by atoms with Crippen molar-refractivity contribution in [3.63, 3.8) is 0 Å². The molecule has 0 aromatic carbocycles. The molecule has 14 heavy (non-hydrogen) atoms. The number of rotatable bonds is 4. The highest BCUT2D eigenvalue weighted by Gasteiger charge is 2.20. The van der Waals surface area contributed by atoms with E-state index >= 15 is 0 Å². The quantitative estimate of drug-likeness (QED) is 0.718. The van der Waals surface area contributed by atoms with Crippen molar-refractivity contribution < 1.29 is 0 Å². The Morgan fingerprint density at radius 3 is 3.14 bits per heavy atom. The molecule has 3 heteroatoms. The van der Waals surface area contributed by atoms with Crippen LogP contribution < -0.4 is 0 Å². The summed E-state index contributed by atoms with van der Waals surface area (Å²) in [6.45, 7) is 3.64. The minimum atomic E-state index is 0.736. The Morgan fingerprint density at radius 2 is 2.50 bits per heavy atom. The molecule has 2 heterocycles. The van der Waals surface area contributed by atoms with E-state index in [1.54, 1.807) is 0 Å². The summed E-state index contributed by atoms with van der Waals surface area (Å²) in [6, 6.07) is 4.35. The Kier molecular flexibility index (Phi) is 3.85. The summed E-state index contributed by atoms with van der Waals surface area (Å²) in [5.74, 6) is 1.56. The standard InChI is InChI=1S/C11H16ClNS/c12-8-10-3-5-13(9-10)6-4-11-2-1-7-14-11/h1-2,7,10H,3-6,8-9H2. The van der Waals surface area contributed by atoms with Crippen LogP contribution in [0.3, 0.4) is 0 Å². The molecule has 1 nitrogen and oxygen atoms in total. The van der Waals surface area contributed by atoms with Gasteiger partial charge in [0.05, 0.1) is 0 Å². The average molecular weight is 230 g/mol. The van der Waals surface area contributed by atoms with E-state index in [1.165, 1.54) is 37.4 Å². The van der Waals surface area contributed by atoms with Crippen LogP contribution in [-0.4, -0.2) is 30.4 Å². The highest BCUT2D eigenvalue weighted by molar-refractivity contribution is 7.09. The average Bonchev–Trinajstić information content (AvgIpc) is 2.86. The van der Waals surface area contributed by atoms with Crippen LogP contribution in [-0.2, 0) is 6.42 Å². The SMILES string of the molecule is ClCC1CCN(CCc2cccs2)C1. The summed E-state index contributed by atoms with van der Waals surface area (Å²) in [6.07, 6.45) is 2.49. The largest absolute Gasteiger partial charge is 0.303 e. The molecular weight excluding hydrogens is 214 g/mol. The number of likely N-dealkylation sites (tertiary alicyclic amines) is 1. The molecule has 0 N–H and O–H groups in total. The van der Waals surface area contributed by atoms with Gasteiger partial charge in [-0.2, -0.15) is 0 Å². The minimum absolute atomic E-state index is 0.736. The van der Waals surface area contributed by atoms with Gasteiger partial charge in [-0.1, -0.05) is 6.07 Å². The third-order valence-electron chi connectivity index (χ3n) is 2.84. The molecule has 1 saturated heterocycles. The maximum atomic E-state index is 5.85. The molecular formula is C11H16ClNS. The normalized spacial score (nSPS) is 23.1. The summed E-state index contributed by atoms with van der Waals surface area (Å²) in [7, 11) is 0. The maximum absolute atomic E-state index is 5.85. The fourth-order valence-electron chi connectivity index (χ4n) is 1.97. The number of alkyl halides is 1. The maximum Gasteiger partial charge on any atom is 0.0264 e. The molecule has 0 radical (unpaired) electrons. The van der Waals surface area contributed by atoms with Gasteiger partial charge < -0.3 is 4.90 Å². The summed E-state index contributed by atoms with van der Waals surface area (Å²) < 4.78 is 0. The number of hydrogen-bond acceptors (Lipinski definition) is 2. The van der Waals surface area contributed by atoms with Gasteiger partial charge in [-0.05, 0) is 36.8 Å². The van der Waals surface area contributed by atoms with Crippen LogP contribution >= 0.6 is 22.9 Å². The van der Waals surface area contributed by atoms with E-state index in [9.17, 15) is 0 Å². The topological polar surface area (TPSA) is 3.24 Å². The van der Waals surface area contributed by atoms with E-state index in [1.807, 2.05) is 11.3 Å². The Bertz CT molecular complexity index is 260. The molecule has 0 saturated carbocycles. The zero-order valence-corrected chi connectivity index (χ0v) is 9.86. The molecule has 1 fully saturated rings. The molecule has 0 aliphatic carbocycles. The second-order valence-corrected chi connectivity index (χ2v) is 5.28. The Labute approximate surface area is 94.7 Å². The van der Waals surface area contributed by atoms with Gasteiger partial charge >= 0.3 is 0 Å². The van der Waals surface area contributed by atoms with Crippen molar-refractivity contribution in [2.45, 2.75) is 12.8 Å². The van der Waals surface area contributed by atoms with Crippen LogP contribution in [0.1, 0.15) is 11.3 Å². The van der Waals surface area contributed by atoms with E-state index in [-0.39, 0.29) is 0 Å². The van der Waals surface area contributed by atoms with Gasteiger partial charge in [-0.15, -0.1) is 22.9 Å². The lowest BCUT2D eigenvalue weighted by atomic mass is 10.2. The van der Waals surface area contributed by atoms with E-state index in [2.05, 4.69) is 22.4 Å². The number of thiophene rings is 1. The third kappa shape index (κ3) is 2.72. The van der Waals surface area contributed by atoms with Gasteiger partial charge in [0, 0.05) is 23.8 Å². The number of halogens is 1. The number of nitrogens with zero attached hydrogens (tertiary/aromatic N) is 1. The van der Waals surface area contributed by atoms with E-state index in [0.717, 1.165) is 11.8 Å². The summed E-state index contributed by atoms with van der Waals surface area (Å²) in [4.78, 5) is 4.03. The molecule has 1 atom stereocenters. The summed E-state index contributed by atoms with van der Waals surface area (Å²) >= 11 is 7.71. The monoisotopic (exact) mass is 229 g/mol. The molecule has 0 bridgehead atoms. The highest BCUT2D eigenvalue weighted by atomic mass is 35.5. The zero-order chi connectivity index (χ0) is 9.80. The first kappa shape index (κ1) is 10.5. The van der Waals surface area contributed by atoms with E-state index < -0.39 is 0 Å². The van der Waals surface area contributed by atoms with E-state index in [0.29, 0.717) is 0 Å². The van der Waals surface area contributed by atoms with Crippen molar-refractivity contribution in [3.05, 3.63) is 22.4 Å². The van der Waals surface area contributed by atoms with Crippen molar-refractivity contribution in [2.75, 3.05) is 25.5 Å². The summed E-state index contributed by atoms with van der Waals surface area (Å²) in [5, 5.41) is 2.15. The molecule has 1 aliphatic rings. The van der Waals surface area contributed by atoms with Crippen LogP contribution in [0.15, 0.2) is 17.5 Å². The minimum Gasteiger partial charge on any atom is -0.303 e. The van der Waals surface area contributed by atoms with Crippen molar-refractivity contribution in [3.8, 4) is 0 Å². The number of hydrogen-bond donors (Lipinski definition) is 0. The van der Waals surface area contributed by atoms with Crippen molar-refractivity contribution >= 4 is 22.9 Å². The smallest absolute Gasteiger partial charge is 0.0264 e. The highest BCUT2D eigenvalue weighted by Crippen LogP contribution is 2.18. The van der Waals surface area contributed by atoms with Gasteiger partial charge in [0.15, 0.2) is 0 Å². The van der Waals surface area contributed by atoms with Crippen molar-refractivity contribution in [1.29, 1.82) is 0 Å². The molecule has 1 aromatic rings. The van der Waals surface area contributed by atoms with Crippen LogP contribution in [0.2, 0.25) is 0 Å². The molecule has 0 spiro atoms. The molecule has 1 aliphatic heterocycles. The van der Waals surface area contributed by atoms with Gasteiger partial charge in [0.1, 0.15) is 0 Å². The predicted octanol–water partition coefficient (Wildman–Crippen LogP) is 2.85. The van der Waals surface area contributed by atoms with E-state index in [4.69, 9.17) is 11.6 Å². The van der Waals surface area contributed by atoms with Crippen LogP contribution in [0.4, 0.5) is 0 Å². The third-order valence-corrected chi connectivity index (χ3v) is 4.22. The molecule has 1 aromatic heterocycles. The first-order valence-corrected chi connectivity index (χ1v) is 6.60. The lowest BCUT2D eigenvalue weighted by Crippen LogP contribution is -2.23. The van der Waals surface area contributed by atoms with Crippen LogP contribution in [0.5, 0.6) is 0 Å². The van der Waals surface area contributed by atoms with Crippen molar-refractivity contribution in [2.24, 2.45) is 5.92 Å². The Morgan fingerprint density at radius 1 is 1.57 bits per heavy atom. The first-order valence-electron chi connectivity index (χ1n) is 5.19. The second kappa shape index (κ2) is 5.15. The van der Waals surface area contributed by atoms with Crippen LogP contribution in [0.25, 0.3) is 0 Å². The zero-order valence-electron chi connectivity index (χ0n) is 8.29. The summed E-state index contributed by atoms with van der Waals surface area (Å²) in [5.41, 5.74) is 0. The molecule has 2 rings (SSSR count). The predicted molar refractivity (Wildman–Crippen MR) is 63.3 cm³/mol. The first-order chi connectivity index (χ1) is 6.88. The fourth-order valence-corrected chi connectivity index (χ4v) is 2.92. The van der Waals surface area contributed by atoms with Gasteiger partial charge in [-0.25, -0.2) is 0 Å². The Balaban J connectivity index is 1.72. The molecule has 78 valence electrons. The van der Waals surface area contributed by atoms with Gasteiger partial charge in [0.2, 0.25) is 0 Å².